The van der Waals surface area contributed by atoms with Gasteiger partial charge in [-0.25, -0.2) is 4.39 Å². The fourth-order valence-electron chi connectivity index (χ4n) is 3.06. The Bertz CT molecular complexity index is 976. The predicted octanol–water partition coefficient (Wildman–Crippen LogP) is 3.11. The molecule has 0 spiro atoms. The minimum Gasteiger partial charge on any atom is -0.425 e. The van der Waals surface area contributed by atoms with Gasteiger partial charge < -0.3 is 9.72 Å². The summed E-state index contributed by atoms with van der Waals surface area (Å²) in [6.07, 6.45) is 0.0556. The Morgan fingerprint density at radius 2 is 1.78 bits per heavy atom. The molecule has 0 unspecified atom stereocenters. The van der Waals surface area contributed by atoms with Crippen LogP contribution in [0.2, 0.25) is 0 Å². The predicted molar refractivity (Wildman–Crippen MR) is 83.1 cm³/mol. The Balaban J connectivity index is 2.00. The maximum Gasteiger partial charge on any atom is 0.312 e. The fraction of sp³-hybridized carbons (Fsp3) is 0.111. The third-order valence-corrected chi connectivity index (χ3v) is 4.12. The zero-order chi connectivity index (χ0) is 16.0. The Morgan fingerprint density at radius 1 is 1.04 bits per heavy atom. The third-order valence-electron chi connectivity index (χ3n) is 4.12. The molecule has 3 aromatic rings. The van der Waals surface area contributed by atoms with Crippen molar-refractivity contribution in [2.75, 3.05) is 0 Å². The van der Waals surface area contributed by atoms with Gasteiger partial charge in [0.15, 0.2) is 0 Å². The summed E-state index contributed by atoms with van der Waals surface area (Å²) < 4.78 is 18.5. The summed E-state index contributed by atoms with van der Waals surface area (Å²) in [4.78, 5) is 27.4. The van der Waals surface area contributed by atoms with Gasteiger partial charge in [0.05, 0.1) is 17.5 Å². The Kier molecular flexibility index (Phi) is 3.01. The number of rotatable bonds is 1. The third kappa shape index (κ3) is 2.21. The highest BCUT2D eigenvalue weighted by Gasteiger charge is 2.32. The van der Waals surface area contributed by atoms with Crippen LogP contribution in [0.1, 0.15) is 23.5 Å². The van der Waals surface area contributed by atoms with Crippen LogP contribution in [-0.4, -0.2) is 11.0 Å². The Labute approximate surface area is 130 Å². The molecule has 1 N–H and O–H groups in total. The van der Waals surface area contributed by atoms with E-state index >= 15 is 0 Å². The molecule has 5 heteroatoms. The lowest BCUT2D eigenvalue weighted by Gasteiger charge is -2.25. The number of esters is 1. The molecule has 4 rings (SSSR count). The Morgan fingerprint density at radius 3 is 2.57 bits per heavy atom. The summed E-state index contributed by atoms with van der Waals surface area (Å²) in [5.41, 5.74) is 1.45. The highest BCUT2D eigenvalue weighted by Crippen LogP contribution is 2.39. The first-order chi connectivity index (χ1) is 11.1. The van der Waals surface area contributed by atoms with Crippen molar-refractivity contribution in [3.8, 4) is 5.75 Å². The van der Waals surface area contributed by atoms with Crippen molar-refractivity contribution in [2.24, 2.45) is 0 Å². The first-order valence-corrected chi connectivity index (χ1v) is 7.24. The van der Waals surface area contributed by atoms with E-state index in [1.54, 1.807) is 30.3 Å². The van der Waals surface area contributed by atoms with Crippen LogP contribution in [0.3, 0.4) is 0 Å². The van der Waals surface area contributed by atoms with Gasteiger partial charge >= 0.3 is 5.97 Å². The molecule has 0 saturated heterocycles. The number of benzene rings is 2. The summed E-state index contributed by atoms with van der Waals surface area (Å²) in [6, 6.07) is 13.0. The number of aromatic amines is 1. The minimum atomic E-state index is -0.444. The molecule has 2 aromatic carbocycles. The van der Waals surface area contributed by atoms with Gasteiger partial charge in [-0.2, -0.15) is 0 Å². The van der Waals surface area contributed by atoms with Crippen LogP contribution >= 0.6 is 0 Å². The average molecular weight is 309 g/mol. The van der Waals surface area contributed by atoms with Crippen molar-refractivity contribution in [2.45, 2.75) is 12.3 Å². The molecule has 23 heavy (non-hydrogen) atoms. The van der Waals surface area contributed by atoms with Crippen LogP contribution in [0, 0.1) is 5.82 Å². The lowest BCUT2D eigenvalue weighted by atomic mass is 9.86. The van der Waals surface area contributed by atoms with Crippen LogP contribution in [0.5, 0.6) is 5.75 Å². The second kappa shape index (κ2) is 5.05. The number of para-hydroxylation sites is 1. The molecule has 4 nitrogen and oxygen atoms in total. The number of aromatic nitrogens is 1. The maximum absolute atomic E-state index is 13.2. The van der Waals surface area contributed by atoms with Crippen LogP contribution < -0.4 is 10.3 Å². The Hall–Kier alpha value is -2.95. The van der Waals surface area contributed by atoms with E-state index in [0.29, 0.717) is 27.8 Å². The molecule has 0 aliphatic carbocycles. The van der Waals surface area contributed by atoms with E-state index in [1.165, 1.54) is 12.1 Å². The molecule has 0 saturated carbocycles. The van der Waals surface area contributed by atoms with Crippen LogP contribution in [-0.2, 0) is 4.79 Å². The maximum atomic E-state index is 13.2. The molecular weight excluding hydrogens is 297 g/mol. The van der Waals surface area contributed by atoms with E-state index in [9.17, 15) is 14.0 Å². The number of hydrogen-bond donors (Lipinski definition) is 1. The second-order valence-electron chi connectivity index (χ2n) is 5.52. The zero-order valence-electron chi connectivity index (χ0n) is 12.0. The summed E-state index contributed by atoms with van der Waals surface area (Å²) in [5.74, 6) is -0.905. The molecule has 0 fully saturated rings. The van der Waals surface area contributed by atoms with Crippen LogP contribution in [0.4, 0.5) is 4.39 Å². The van der Waals surface area contributed by atoms with Crippen molar-refractivity contribution in [1.29, 1.82) is 0 Å². The highest BCUT2D eigenvalue weighted by atomic mass is 19.1. The summed E-state index contributed by atoms with van der Waals surface area (Å²) in [5, 5.41) is 0.683. The lowest BCUT2D eigenvalue weighted by Crippen LogP contribution is -2.28. The molecular formula is C18H12FNO3. The number of fused-ring (bicyclic) bond motifs is 3. The van der Waals surface area contributed by atoms with Gasteiger partial charge in [-0.05, 0) is 29.8 Å². The van der Waals surface area contributed by atoms with Crippen LogP contribution in [0.25, 0.3) is 10.9 Å². The quantitative estimate of drug-likeness (QED) is 0.703. The second-order valence-corrected chi connectivity index (χ2v) is 5.52. The van der Waals surface area contributed by atoms with Gasteiger partial charge in [-0.15, -0.1) is 0 Å². The van der Waals surface area contributed by atoms with Crippen molar-refractivity contribution < 1.29 is 13.9 Å². The highest BCUT2D eigenvalue weighted by molar-refractivity contribution is 5.91. The molecule has 0 amide bonds. The van der Waals surface area contributed by atoms with Gasteiger partial charge in [0.1, 0.15) is 11.6 Å². The number of hydrogen-bond acceptors (Lipinski definition) is 3. The molecule has 114 valence electrons. The molecule has 0 radical (unpaired) electrons. The van der Waals surface area contributed by atoms with E-state index in [-0.39, 0.29) is 17.8 Å². The van der Waals surface area contributed by atoms with E-state index in [0.717, 1.165) is 0 Å². The SMILES string of the molecule is O=C1C[C@@H](c2ccc(F)cc2)c2c(c3ccccc3[nH]c2=O)O1. The molecule has 1 aliphatic heterocycles. The van der Waals surface area contributed by atoms with Gasteiger partial charge in [0.2, 0.25) is 0 Å². The van der Waals surface area contributed by atoms with Crippen molar-refractivity contribution in [1.82, 2.24) is 4.98 Å². The molecule has 2 heterocycles. The number of carbonyl (C=O) groups excluding carboxylic acids is 1. The summed E-state index contributed by atoms with van der Waals surface area (Å²) in [6.45, 7) is 0. The first-order valence-electron chi connectivity index (χ1n) is 7.24. The normalized spacial score (nSPS) is 16.9. The summed E-state index contributed by atoms with van der Waals surface area (Å²) >= 11 is 0. The minimum absolute atomic E-state index is 0.0556. The van der Waals surface area contributed by atoms with Crippen molar-refractivity contribution in [3.63, 3.8) is 0 Å². The monoisotopic (exact) mass is 309 g/mol. The van der Waals surface area contributed by atoms with Gasteiger partial charge in [-0.3, -0.25) is 9.59 Å². The van der Waals surface area contributed by atoms with Gasteiger partial charge in [0, 0.05) is 11.3 Å². The molecule has 1 aromatic heterocycles. The van der Waals surface area contributed by atoms with E-state index in [1.807, 2.05) is 6.07 Å². The number of carbonyl (C=O) groups is 1. The fourth-order valence-corrected chi connectivity index (χ4v) is 3.06. The number of pyridine rings is 1. The largest absolute Gasteiger partial charge is 0.425 e. The zero-order valence-corrected chi connectivity index (χ0v) is 12.0. The van der Waals surface area contributed by atoms with Crippen LogP contribution in [0.15, 0.2) is 53.3 Å². The average Bonchev–Trinajstić information content (AvgIpc) is 2.55. The first kappa shape index (κ1) is 13.7. The van der Waals surface area contributed by atoms with E-state index in [4.69, 9.17) is 4.74 Å². The van der Waals surface area contributed by atoms with Gasteiger partial charge in [-0.1, -0.05) is 24.3 Å². The topological polar surface area (TPSA) is 59.2 Å². The van der Waals surface area contributed by atoms with Crippen molar-refractivity contribution in [3.05, 3.63) is 75.8 Å². The lowest BCUT2D eigenvalue weighted by molar-refractivity contribution is -0.135. The van der Waals surface area contributed by atoms with Crippen molar-refractivity contribution >= 4 is 16.9 Å². The smallest absolute Gasteiger partial charge is 0.312 e. The molecule has 1 aliphatic rings. The van der Waals surface area contributed by atoms with E-state index in [2.05, 4.69) is 4.98 Å². The van der Waals surface area contributed by atoms with E-state index < -0.39 is 11.9 Å². The number of halogens is 1. The number of nitrogens with one attached hydrogen (secondary N) is 1. The standard InChI is InChI=1S/C18H12FNO3/c19-11-7-5-10(6-8-11)13-9-15(21)23-17-12-3-1-2-4-14(12)20-18(22)16(13)17/h1-8,13H,9H2,(H,20,22)/t13-/m0/s1. The van der Waals surface area contributed by atoms with Gasteiger partial charge in [0.25, 0.3) is 5.56 Å². The molecule has 1 atom stereocenters. The number of ether oxygens (including phenoxy) is 1. The number of H-pyrrole nitrogens is 1. The summed E-state index contributed by atoms with van der Waals surface area (Å²) in [7, 11) is 0. The molecule has 0 bridgehead atoms.